The van der Waals surface area contributed by atoms with Gasteiger partial charge in [-0.05, 0) is 37.7 Å². The number of nitrogens with zero attached hydrogens (tertiary/aromatic N) is 3. The van der Waals surface area contributed by atoms with E-state index in [1.807, 2.05) is 35.4 Å². The molecule has 0 bridgehead atoms. The zero-order chi connectivity index (χ0) is 26.0. The van der Waals surface area contributed by atoms with E-state index < -0.39 is 19.5 Å². The molecule has 1 saturated heterocycles. The number of anilines is 1. The average molecular weight is 517 g/mol. The van der Waals surface area contributed by atoms with Crippen LogP contribution in [-0.2, 0) is 11.8 Å². The number of rotatable bonds is 5. The predicted molar refractivity (Wildman–Crippen MR) is 132 cm³/mol. The number of hydrogen-bond donors (Lipinski definition) is 0. The summed E-state index contributed by atoms with van der Waals surface area (Å²) in [5.74, 6) is -0.0885. The molecule has 7 nitrogen and oxygen atoms in total. The first-order chi connectivity index (χ1) is 17.1. The molecular weight excluding hydrogens is 494 g/mol. The Labute approximate surface area is 205 Å². The lowest BCUT2D eigenvalue weighted by molar-refractivity contribution is -0.274. The summed E-state index contributed by atoms with van der Waals surface area (Å²) < 4.78 is 48.8. The number of hydrogen-bond acceptors (Lipinski definition) is 6. The first-order valence-electron chi connectivity index (χ1n) is 11.2. The smallest absolute Gasteiger partial charge is 0.490 e. The Balaban J connectivity index is 1.59. The van der Waals surface area contributed by atoms with Crippen LogP contribution < -0.4 is 25.2 Å². The number of piperidine rings is 1. The summed E-state index contributed by atoms with van der Waals surface area (Å²) in [5.41, 5.74) is 2.84. The molecule has 11 heteroatoms. The normalized spacial score (nSPS) is 15.3. The molecule has 1 aliphatic heterocycles. The van der Waals surface area contributed by atoms with Gasteiger partial charge in [0.05, 0.1) is 11.2 Å². The molecule has 3 aromatic rings. The van der Waals surface area contributed by atoms with Gasteiger partial charge in [-0.1, -0.05) is 18.2 Å². The predicted octanol–water partition coefficient (Wildman–Crippen LogP) is 3.89. The van der Waals surface area contributed by atoms with Crippen LogP contribution in [0.2, 0.25) is 0 Å². The molecule has 36 heavy (non-hydrogen) atoms. The molecule has 1 aromatic heterocycles. The SMILES string of the molecule is Cn1c(=O)c(C#N)c(N2CCC(Oc3cccc(OC(F)(F)F)c3)CC2)c2ccc([PH](C)=C=O)cc21. The Morgan fingerprint density at radius 2 is 1.81 bits per heavy atom. The maximum atomic E-state index is 13.0. The summed E-state index contributed by atoms with van der Waals surface area (Å²) in [7, 11) is 0.0841. The molecule has 0 radical (unpaired) electrons. The van der Waals surface area contributed by atoms with Crippen LogP contribution in [0.15, 0.2) is 47.3 Å². The molecule has 0 saturated carbocycles. The van der Waals surface area contributed by atoms with Crippen LogP contribution in [0.5, 0.6) is 11.5 Å². The number of halogens is 3. The van der Waals surface area contributed by atoms with Gasteiger partial charge in [-0.15, -0.1) is 13.2 Å². The van der Waals surface area contributed by atoms with Crippen molar-refractivity contribution in [3.63, 3.8) is 0 Å². The number of pyridine rings is 1. The number of aryl methyl sites for hydroxylation is 1. The van der Waals surface area contributed by atoms with Crippen molar-refractivity contribution in [1.29, 1.82) is 5.26 Å². The second-order valence-corrected chi connectivity index (χ2v) is 10.5. The number of carbonyl (C=O) groups excluding carboxylic acids is 1. The Kier molecular flexibility index (Phi) is 7.16. The minimum Gasteiger partial charge on any atom is -0.490 e. The summed E-state index contributed by atoms with van der Waals surface area (Å²) in [6.07, 6.45) is -3.98. The Hall–Kier alpha value is -3.66. The molecule has 2 aromatic carbocycles. The van der Waals surface area contributed by atoms with Crippen molar-refractivity contribution in [1.82, 2.24) is 4.57 Å². The van der Waals surface area contributed by atoms with Gasteiger partial charge in [0, 0.05) is 44.4 Å². The number of fused-ring (bicyclic) bond motifs is 1. The highest BCUT2D eigenvalue weighted by Gasteiger charge is 2.31. The maximum Gasteiger partial charge on any atom is 0.573 e. The van der Waals surface area contributed by atoms with E-state index >= 15 is 0 Å². The molecule has 0 amide bonds. The van der Waals surface area contributed by atoms with Crippen molar-refractivity contribution in [2.75, 3.05) is 24.7 Å². The average Bonchev–Trinajstić information content (AvgIpc) is 2.85. The Bertz CT molecular complexity index is 1460. The minimum absolute atomic E-state index is 0.0399. The molecule has 2 heterocycles. The second kappa shape index (κ2) is 10.1. The van der Waals surface area contributed by atoms with E-state index in [9.17, 15) is 28.0 Å². The molecule has 1 aliphatic rings. The van der Waals surface area contributed by atoms with Gasteiger partial charge in [0.2, 0.25) is 0 Å². The van der Waals surface area contributed by atoms with Gasteiger partial charge in [-0.2, -0.15) is 5.26 Å². The number of alkyl halides is 3. The molecule has 0 spiro atoms. The summed E-state index contributed by atoms with van der Waals surface area (Å²) in [5, 5.41) is 11.3. The summed E-state index contributed by atoms with van der Waals surface area (Å²) >= 11 is 0. The number of benzene rings is 2. The van der Waals surface area contributed by atoms with Crippen LogP contribution in [0.25, 0.3) is 10.9 Å². The van der Waals surface area contributed by atoms with Gasteiger partial charge in [-0.25, -0.2) is 4.79 Å². The first kappa shape index (κ1) is 25.4. The molecule has 4 rings (SSSR count). The van der Waals surface area contributed by atoms with E-state index in [0.717, 1.165) is 10.7 Å². The molecule has 0 aliphatic carbocycles. The van der Waals surface area contributed by atoms with Crippen molar-refractivity contribution in [3.05, 3.63) is 58.4 Å². The van der Waals surface area contributed by atoms with Crippen LogP contribution in [0.3, 0.4) is 0 Å². The summed E-state index contributed by atoms with van der Waals surface area (Å²) in [6, 6.07) is 12.9. The van der Waals surface area contributed by atoms with Crippen molar-refractivity contribution in [2.24, 2.45) is 7.05 Å². The van der Waals surface area contributed by atoms with E-state index in [2.05, 4.69) is 10.8 Å². The van der Waals surface area contributed by atoms with Crippen LogP contribution in [0.4, 0.5) is 18.9 Å². The van der Waals surface area contributed by atoms with Crippen LogP contribution >= 0.6 is 7.55 Å². The topological polar surface area (TPSA) is 84.6 Å². The molecule has 1 unspecified atom stereocenters. The molecule has 1 fully saturated rings. The standard InChI is InChI=1S/C25H23F3N3O4P/c1-30-22-13-19(36(2)15-32)6-7-20(22)23(21(14-29)24(30)33)31-10-8-16(9-11-31)34-17-4-3-5-18(12-17)35-25(26,27)28/h3-7,12-13,16,36H,8-11H2,1-2H3. The number of ether oxygens (including phenoxy) is 2. The summed E-state index contributed by atoms with van der Waals surface area (Å²) in [4.78, 5) is 26.1. The van der Waals surface area contributed by atoms with Gasteiger partial charge in [-0.3, -0.25) is 4.79 Å². The van der Waals surface area contributed by atoms with E-state index in [0.29, 0.717) is 37.1 Å². The third-order valence-electron chi connectivity index (χ3n) is 6.17. The molecule has 1 atom stereocenters. The van der Waals surface area contributed by atoms with Gasteiger partial charge in [0.1, 0.15) is 34.9 Å². The van der Waals surface area contributed by atoms with Gasteiger partial charge < -0.3 is 18.9 Å². The summed E-state index contributed by atoms with van der Waals surface area (Å²) in [6.45, 7) is 2.78. The first-order valence-corrected chi connectivity index (χ1v) is 13.2. The monoisotopic (exact) mass is 517 g/mol. The molecule has 188 valence electrons. The highest BCUT2D eigenvalue weighted by molar-refractivity contribution is 7.63. The van der Waals surface area contributed by atoms with Crippen molar-refractivity contribution < 1.29 is 27.4 Å². The zero-order valence-electron chi connectivity index (χ0n) is 19.6. The minimum atomic E-state index is -4.79. The molecule has 0 N–H and O–H groups in total. The van der Waals surface area contributed by atoms with Crippen molar-refractivity contribution >= 4 is 35.1 Å². The molecular formula is C25H23F3N3O4P. The van der Waals surface area contributed by atoms with E-state index in [-0.39, 0.29) is 23.2 Å². The maximum absolute atomic E-state index is 13.0. The lowest BCUT2D eigenvalue weighted by atomic mass is 10.0. The number of nitriles is 1. The van der Waals surface area contributed by atoms with E-state index in [1.54, 1.807) is 13.1 Å². The van der Waals surface area contributed by atoms with Gasteiger partial charge in [0.15, 0.2) is 0 Å². The fourth-order valence-corrected chi connectivity index (χ4v) is 5.18. The number of aromatic nitrogens is 1. The van der Waals surface area contributed by atoms with Crippen LogP contribution in [-0.4, -0.2) is 42.4 Å². The van der Waals surface area contributed by atoms with Crippen LogP contribution in [0.1, 0.15) is 18.4 Å². The highest BCUT2D eigenvalue weighted by atomic mass is 31.1. The fourth-order valence-electron chi connectivity index (χ4n) is 4.38. The van der Waals surface area contributed by atoms with Gasteiger partial charge in [0.25, 0.3) is 5.56 Å². The second-order valence-electron chi connectivity index (χ2n) is 8.49. The van der Waals surface area contributed by atoms with Gasteiger partial charge >= 0.3 is 6.36 Å². The quantitative estimate of drug-likeness (QED) is 0.478. The fraction of sp³-hybridized carbons (Fsp3) is 0.320. The third kappa shape index (κ3) is 5.28. The lowest BCUT2D eigenvalue weighted by Crippen LogP contribution is -2.40. The van der Waals surface area contributed by atoms with Crippen LogP contribution in [0, 0.1) is 11.3 Å². The lowest BCUT2D eigenvalue weighted by Gasteiger charge is -2.35. The van der Waals surface area contributed by atoms with E-state index in [4.69, 9.17) is 4.74 Å². The van der Waals surface area contributed by atoms with Crippen molar-refractivity contribution in [2.45, 2.75) is 25.3 Å². The third-order valence-corrected chi connectivity index (χ3v) is 7.65. The largest absolute Gasteiger partial charge is 0.573 e. The zero-order valence-corrected chi connectivity index (χ0v) is 20.6. The Morgan fingerprint density at radius 3 is 2.44 bits per heavy atom. The van der Waals surface area contributed by atoms with Crippen molar-refractivity contribution in [3.8, 4) is 17.6 Å². The Morgan fingerprint density at radius 1 is 1.11 bits per heavy atom. The van der Waals surface area contributed by atoms with E-state index in [1.165, 1.54) is 22.8 Å². The highest BCUT2D eigenvalue weighted by Crippen LogP contribution is 2.33.